The van der Waals surface area contributed by atoms with E-state index in [0.29, 0.717) is 6.54 Å². The molecule has 2 aromatic carbocycles. The minimum atomic E-state index is -0.360. The number of aryl methyl sites for hydroxylation is 2. The van der Waals surface area contributed by atoms with Crippen molar-refractivity contribution in [3.05, 3.63) is 70.8 Å². The summed E-state index contributed by atoms with van der Waals surface area (Å²) < 4.78 is 0. The second-order valence-corrected chi connectivity index (χ2v) is 6.41. The van der Waals surface area contributed by atoms with Crippen LogP contribution in [0.4, 0.5) is 4.79 Å². The number of carbonyl (C=O) groups is 2. The highest BCUT2D eigenvalue weighted by Gasteiger charge is 2.10. The molecule has 5 nitrogen and oxygen atoms in total. The van der Waals surface area contributed by atoms with Crippen LogP contribution in [0.15, 0.2) is 48.5 Å². The Labute approximate surface area is 155 Å². The number of amides is 3. The normalized spacial score (nSPS) is 11.5. The fourth-order valence-corrected chi connectivity index (χ4v) is 2.53. The fraction of sp³-hybridized carbons (Fsp3) is 0.333. The van der Waals surface area contributed by atoms with Crippen molar-refractivity contribution in [1.29, 1.82) is 0 Å². The molecule has 3 N–H and O–H groups in total. The van der Waals surface area contributed by atoms with E-state index in [-0.39, 0.29) is 24.5 Å². The quantitative estimate of drug-likeness (QED) is 0.715. The molecular formula is C21H27N3O2. The van der Waals surface area contributed by atoms with Crippen LogP contribution < -0.4 is 16.0 Å². The molecule has 0 heterocycles. The summed E-state index contributed by atoms with van der Waals surface area (Å²) in [5.74, 6) is -0.220. The zero-order chi connectivity index (χ0) is 18.9. The maximum atomic E-state index is 12.0. The average molecular weight is 353 g/mol. The monoisotopic (exact) mass is 353 g/mol. The smallest absolute Gasteiger partial charge is 0.315 e. The first-order valence-corrected chi connectivity index (χ1v) is 8.93. The summed E-state index contributed by atoms with van der Waals surface area (Å²) in [5, 5.41) is 8.21. The first-order valence-electron chi connectivity index (χ1n) is 8.93. The lowest BCUT2D eigenvalue weighted by Crippen LogP contribution is -2.42. The molecule has 138 valence electrons. The van der Waals surface area contributed by atoms with E-state index in [1.165, 1.54) is 11.1 Å². The van der Waals surface area contributed by atoms with Crippen LogP contribution in [0.5, 0.6) is 0 Å². The Morgan fingerprint density at radius 2 is 1.54 bits per heavy atom. The number of benzene rings is 2. The summed E-state index contributed by atoms with van der Waals surface area (Å²) in [6.07, 6.45) is 0.989. The predicted octanol–water partition coefficient (Wildman–Crippen LogP) is 3.23. The van der Waals surface area contributed by atoms with E-state index in [2.05, 4.69) is 35.0 Å². The van der Waals surface area contributed by atoms with Gasteiger partial charge in [0.2, 0.25) is 5.91 Å². The molecule has 0 radical (unpaired) electrons. The number of nitrogens with one attached hydrogen (secondary N) is 3. The van der Waals surface area contributed by atoms with Gasteiger partial charge in [-0.2, -0.15) is 0 Å². The Kier molecular flexibility index (Phi) is 7.21. The molecule has 0 aliphatic heterocycles. The lowest BCUT2D eigenvalue weighted by Gasteiger charge is -2.15. The second kappa shape index (κ2) is 9.61. The number of rotatable bonds is 7. The van der Waals surface area contributed by atoms with E-state index >= 15 is 0 Å². The Bertz CT molecular complexity index is 724. The van der Waals surface area contributed by atoms with Gasteiger partial charge in [-0.1, -0.05) is 61.0 Å². The molecule has 2 rings (SSSR count). The van der Waals surface area contributed by atoms with E-state index in [0.717, 1.165) is 17.5 Å². The molecule has 26 heavy (non-hydrogen) atoms. The van der Waals surface area contributed by atoms with Gasteiger partial charge in [0.15, 0.2) is 0 Å². The standard InChI is InChI=1S/C21H27N3O2/c1-4-17-9-11-19(12-10-17)16(3)24-20(25)14-23-21(26)22-13-18-7-5-15(2)6-8-18/h5-12,16H,4,13-14H2,1-3H3,(H,24,25)(H2,22,23,26). The molecule has 0 saturated carbocycles. The van der Waals surface area contributed by atoms with Crippen molar-refractivity contribution in [2.75, 3.05) is 6.54 Å². The van der Waals surface area contributed by atoms with Gasteiger partial charge in [0.05, 0.1) is 12.6 Å². The minimum absolute atomic E-state index is 0.0584. The zero-order valence-electron chi connectivity index (χ0n) is 15.6. The van der Waals surface area contributed by atoms with Gasteiger partial charge < -0.3 is 16.0 Å². The summed E-state index contributed by atoms with van der Waals surface area (Å²) in [6, 6.07) is 15.6. The van der Waals surface area contributed by atoms with E-state index < -0.39 is 0 Å². The lowest BCUT2D eigenvalue weighted by atomic mass is 10.1. The van der Waals surface area contributed by atoms with E-state index in [1.54, 1.807) is 0 Å². The van der Waals surface area contributed by atoms with Gasteiger partial charge >= 0.3 is 6.03 Å². The van der Waals surface area contributed by atoms with Crippen molar-refractivity contribution in [1.82, 2.24) is 16.0 Å². The number of hydrogen-bond donors (Lipinski definition) is 3. The van der Waals surface area contributed by atoms with Gasteiger partial charge in [-0.15, -0.1) is 0 Å². The summed E-state index contributed by atoms with van der Waals surface area (Å²) in [7, 11) is 0. The third-order valence-electron chi connectivity index (χ3n) is 4.25. The van der Waals surface area contributed by atoms with E-state index in [1.807, 2.05) is 50.2 Å². The lowest BCUT2D eigenvalue weighted by molar-refractivity contribution is -0.120. The molecule has 0 aromatic heterocycles. The number of urea groups is 1. The molecule has 0 bridgehead atoms. The molecule has 0 aliphatic carbocycles. The SMILES string of the molecule is CCc1ccc(C(C)NC(=O)CNC(=O)NCc2ccc(C)cc2)cc1. The topological polar surface area (TPSA) is 70.2 Å². The van der Waals surface area contributed by atoms with E-state index in [4.69, 9.17) is 0 Å². The highest BCUT2D eigenvalue weighted by Crippen LogP contribution is 2.13. The predicted molar refractivity (Wildman–Crippen MR) is 104 cm³/mol. The Hall–Kier alpha value is -2.82. The van der Waals surface area contributed by atoms with Crippen LogP contribution in [0, 0.1) is 6.92 Å². The van der Waals surface area contributed by atoms with Gasteiger partial charge in [-0.25, -0.2) is 4.79 Å². The Morgan fingerprint density at radius 3 is 2.15 bits per heavy atom. The van der Waals surface area contributed by atoms with Crippen molar-refractivity contribution >= 4 is 11.9 Å². The molecule has 2 aromatic rings. The van der Waals surface area contributed by atoms with Gasteiger partial charge in [-0.05, 0) is 37.0 Å². The molecule has 3 amide bonds. The minimum Gasteiger partial charge on any atom is -0.348 e. The molecule has 1 unspecified atom stereocenters. The molecule has 0 fully saturated rings. The van der Waals surface area contributed by atoms with Crippen LogP contribution in [0.3, 0.4) is 0 Å². The maximum absolute atomic E-state index is 12.0. The Balaban J connectivity index is 1.71. The van der Waals surface area contributed by atoms with Crippen molar-refractivity contribution in [3.63, 3.8) is 0 Å². The average Bonchev–Trinajstić information content (AvgIpc) is 2.66. The molecule has 0 spiro atoms. The van der Waals surface area contributed by atoms with Crippen molar-refractivity contribution in [2.24, 2.45) is 0 Å². The third-order valence-corrected chi connectivity index (χ3v) is 4.25. The zero-order valence-corrected chi connectivity index (χ0v) is 15.6. The Morgan fingerprint density at radius 1 is 0.923 bits per heavy atom. The van der Waals surface area contributed by atoms with Gasteiger partial charge in [0.1, 0.15) is 0 Å². The van der Waals surface area contributed by atoms with Crippen LogP contribution in [0.1, 0.15) is 42.1 Å². The van der Waals surface area contributed by atoms with Crippen molar-refractivity contribution in [3.8, 4) is 0 Å². The summed E-state index contributed by atoms with van der Waals surface area (Å²) in [4.78, 5) is 23.8. The summed E-state index contributed by atoms with van der Waals surface area (Å²) in [6.45, 7) is 6.42. The van der Waals surface area contributed by atoms with Crippen LogP contribution in [-0.2, 0) is 17.8 Å². The molecule has 1 atom stereocenters. The first kappa shape index (κ1) is 19.5. The van der Waals surface area contributed by atoms with Crippen molar-refractivity contribution in [2.45, 2.75) is 39.8 Å². The first-order chi connectivity index (χ1) is 12.5. The second-order valence-electron chi connectivity index (χ2n) is 6.41. The molecular weight excluding hydrogens is 326 g/mol. The maximum Gasteiger partial charge on any atom is 0.315 e. The number of hydrogen-bond acceptors (Lipinski definition) is 2. The van der Waals surface area contributed by atoms with Crippen LogP contribution in [0.25, 0.3) is 0 Å². The van der Waals surface area contributed by atoms with E-state index in [9.17, 15) is 9.59 Å². The van der Waals surface area contributed by atoms with Gasteiger partial charge in [0, 0.05) is 6.54 Å². The van der Waals surface area contributed by atoms with Crippen molar-refractivity contribution < 1.29 is 9.59 Å². The van der Waals surface area contributed by atoms with Gasteiger partial charge in [0.25, 0.3) is 0 Å². The molecule has 0 saturated heterocycles. The molecule has 5 heteroatoms. The van der Waals surface area contributed by atoms with Crippen LogP contribution in [-0.4, -0.2) is 18.5 Å². The molecule has 0 aliphatic rings. The number of carbonyl (C=O) groups excluding carboxylic acids is 2. The highest BCUT2D eigenvalue weighted by molar-refractivity contribution is 5.84. The third kappa shape index (κ3) is 6.24. The highest BCUT2D eigenvalue weighted by atomic mass is 16.2. The summed E-state index contributed by atoms with van der Waals surface area (Å²) >= 11 is 0. The largest absolute Gasteiger partial charge is 0.348 e. The fourth-order valence-electron chi connectivity index (χ4n) is 2.53. The van der Waals surface area contributed by atoms with Crippen LogP contribution >= 0.6 is 0 Å². The summed E-state index contributed by atoms with van der Waals surface area (Å²) in [5.41, 5.74) is 4.49. The van der Waals surface area contributed by atoms with Crippen LogP contribution in [0.2, 0.25) is 0 Å². The van der Waals surface area contributed by atoms with Gasteiger partial charge in [-0.3, -0.25) is 4.79 Å².